The second-order valence-electron chi connectivity index (χ2n) is 2.52. The molecule has 0 aliphatic rings. The Morgan fingerprint density at radius 3 is 2.77 bits per heavy atom. The van der Waals surface area contributed by atoms with Crippen molar-refractivity contribution in [1.29, 1.82) is 0 Å². The van der Waals surface area contributed by atoms with E-state index in [0.717, 1.165) is 10.4 Å². The van der Waals surface area contributed by atoms with Crippen LogP contribution < -0.4 is 10.4 Å². The molecule has 0 saturated carbocycles. The van der Waals surface area contributed by atoms with Gasteiger partial charge in [-0.05, 0) is 29.5 Å². The van der Waals surface area contributed by atoms with Crippen LogP contribution in [0.4, 0.5) is 0 Å². The van der Waals surface area contributed by atoms with Crippen molar-refractivity contribution in [3.05, 3.63) is 39.5 Å². The highest BCUT2D eigenvalue weighted by Crippen LogP contribution is 1.98. The van der Waals surface area contributed by atoms with E-state index in [2.05, 4.69) is 11.6 Å². The zero-order chi connectivity index (χ0) is 9.84. The summed E-state index contributed by atoms with van der Waals surface area (Å²) in [7, 11) is 0. The molecule has 1 aromatic heterocycles. The molecule has 0 spiro atoms. The molecule has 1 aromatic rings. The second kappa shape index (κ2) is 4.45. The molecule has 0 atom stereocenters. The molecule has 0 saturated heterocycles. The molecule has 0 N–H and O–H groups in total. The summed E-state index contributed by atoms with van der Waals surface area (Å²) in [4.78, 5) is 3.96. The van der Waals surface area contributed by atoms with Crippen LogP contribution in [0.5, 0.6) is 0 Å². The summed E-state index contributed by atoms with van der Waals surface area (Å²) in [6, 6.07) is 1.75. The molecule has 68 valence electrons. The van der Waals surface area contributed by atoms with Crippen molar-refractivity contribution in [2.45, 2.75) is 6.92 Å². The largest absolute Gasteiger partial charge is 0.244 e. The third kappa shape index (κ3) is 2.87. The van der Waals surface area contributed by atoms with Crippen LogP contribution in [0.2, 0.25) is 5.15 Å². The average Bonchev–Trinajstić information content (AvgIpc) is 2.03. The molecule has 0 amide bonds. The molecule has 0 fully saturated rings. The minimum Gasteiger partial charge on any atom is -0.244 e. The topological polar surface area (TPSA) is 12.9 Å². The lowest BCUT2D eigenvalue weighted by Gasteiger charge is -1.91. The number of allylic oxidation sites excluding steroid dienone is 1. The normalized spacial score (nSPS) is 13.5. The van der Waals surface area contributed by atoms with E-state index in [1.54, 1.807) is 18.3 Å². The summed E-state index contributed by atoms with van der Waals surface area (Å²) >= 11 is 11.4. The number of rotatable bonds is 1. The maximum Gasteiger partial charge on any atom is 0.129 e. The molecule has 3 heteroatoms. The van der Waals surface area contributed by atoms with Crippen LogP contribution in [0, 0.1) is 0 Å². The Labute approximate surface area is 87.0 Å². The molecule has 13 heavy (non-hydrogen) atoms. The summed E-state index contributed by atoms with van der Waals surface area (Å²) < 4.78 is 0. The van der Waals surface area contributed by atoms with Gasteiger partial charge < -0.3 is 0 Å². The lowest BCUT2D eigenvalue weighted by atomic mass is 10.3. The van der Waals surface area contributed by atoms with Gasteiger partial charge in [-0.25, -0.2) is 4.98 Å². The Hall–Kier alpha value is -0.790. The predicted octanol–water partition coefficient (Wildman–Crippen LogP) is 2.07. The number of pyridine rings is 1. The fraction of sp³-hybridized carbons (Fsp3) is 0.100. The summed E-state index contributed by atoms with van der Waals surface area (Å²) in [5.41, 5.74) is 0. The van der Waals surface area contributed by atoms with Crippen molar-refractivity contribution in [3.8, 4) is 0 Å². The molecular weight excluding hydrogens is 205 g/mol. The smallest absolute Gasteiger partial charge is 0.129 e. The van der Waals surface area contributed by atoms with E-state index in [-0.39, 0.29) is 0 Å². The van der Waals surface area contributed by atoms with E-state index in [4.69, 9.17) is 23.2 Å². The van der Waals surface area contributed by atoms with E-state index in [9.17, 15) is 0 Å². The van der Waals surface area contributed by atoms with Crippen LogP contribution in [-0.4, -0.2) is 4.98 Å². The van der Waals surface area contributed by atoms with Crippen molar-refractivity contribution < 1.29 is 0 Å². The van der Waals surface area contributed by atoms with Crippen LogP contribution in [0.1, 0.15) is 6.92 Å². The van der Waals surface area contributed by atoms with E-state index in [0.29, 0.717) is 10.2 Å². The zero-order valence-electron chi connectivity index (χ0n) is 7.22. The van der Waals surface area contributed by atoms with Crippen molar-refractivity contribution in [3.63, 3.8) is 0 Å². The third-order valence-electron chi connectivity index (χ3n) is 1.56. The minimum atomic E-state index is 0.453. The van der Waals surface area contributed by atoms with Crippen LogP contribution in [0.3, 0.4) is 0 Å². The number of halogens is 2. The number of hydrogen-bond acceptors (Lipinski definition) is 1. The van der Waals surface area contributed by atoms with Gasteiger partial charge in [0.05, 0.1) is 0 Å². The first-order valence-electron chi connectivity index (χ1n) is 3.77. The maximum atomic E-state index is 5.74. The fourth-order valence-corrected chi connectivity index (χ4v) is 1.27. The van der Waals surface area contributed by atoms with E-state index in [1.165, 1.54) is 0 Å². The van der Waals surface area contributed by atoms with Crippen molar-refractivity contribution >= 4 is 35.4 Å². The predicted molar refractivity (Wildman–Crippen MR) is 58.1 cm³/mol. The quantitative estimate of drug-likeness (QED) is 0.652. The van der Waals surface area contributed by atoms with Gasteiger partial charge >= 0.3 is 0 Å². The Kier molecular flexibility index (Phi) is 3.52. The molecule has 0 aliphatic heterocycles. The van der Waals surface area contributed by atoms with Gasteiger partial charge in [0.25, 0.3) is 0 Å². The van der Waals surface area contributed by atoms with Gasteiger partial charge in [0.15, 0.2) is 0 Å². The molecule has 0 unspecified atom stereocenters. The standard InChI is InChI=1S/C10H9Cl2N/c1-3-8-6-13-10(12)5-9(8)4-7(2)11/h3-6H,2H2,1H3/b8-3-,9-4-. The van der Waals surface area contributed by atoms with Crippen LogP contribution in [0.15, 0.2) is 23.9 Å². The Balaban J connectivity index is 3.51. The highest BCUT2D eigenvalue weighted by Gasteiger charge is 1.89. The molecule has 1 rings (SSSR count). The summed E-state index contributed by atoms with van der Waals surface area (Å²) in [6.45, 7) is 5.52. The molecule has 0 aromatic carbocycles. The van der Waals surface area contributed by atoms with E-state index in [1.807, 2.05) is 13.0 Å². The molecular formula is C10H9Cl2N. The van der Waals surface area contributed by atoms with Crippen molar-refractivity contribution in [2.75, 3.05) is 0 Å². The summed E-state index contributed by atoms with van der Waals surface area (Å²) in [5, 5.41) is 2.86. The number of nitrogens with zero attached hydrogens (tertiary/aromatic N) is 1. The second-order valence-corrected chi connectivity index (χ2v) is 3.39. The number of aromatic nitrogens is 1. The molecule has 0 radical (unpaired) electrons. The van der Waals surface area contributed by atoms with Gasteiger partial charge in [0, 0.05) is 11.2 Å². The first-order valence-corrected chi connectivity index (χ1v) is 4.53. The molecule has 0 aliphatic carbocycles. The lowest BCUT2D eigenvalue weighted by Crippen LogP contribution is -2.24. The first-order chi connectivity index (χ1) is 6.13. The highest BCUT2D eigenvalue weighted by atomic mass is 35.5. The Morgan fingerprint density at radius 2 is 2.23 bits per heavy atom. The van der Waals surface area contributed by atoms with Crippen LogP contribution in [-0.2, 0) is 0 Å². The summed E-state index contributed by atoms with van der Waals surface area (Å²) in [6.07, 6.45) is 5.40. The van der Waals surface area contributed by atoms with Gasteiger partial charge in [0.1, 0.15) is 5.15 Å². The Morgan fingerprint density at radius 1 is 1.54 bits per heavy atom. The van der Waals surface area contributed by atoms with Gasteiger partial charge in [-0.3, -0.25) is 0 Å². The van der Waals surface area contributed by atoms with Crippen molar-refractivity contribution in [2.24, 2.45) is 0 Å². The summed E-state index contributed by atoms with van der Waals surface area (Å²) in [5.74, 6) is 0. The average molecular weight is 214 g/mol. The van der Waals surface area contributed by atoms with Gasteiger partial charge in [0.2, 0.25) is 0 Å². The van der Waals surface area contributed by atoms with Gasteiger partial charge in [-0.1, -0.05) is 35.9 Å². The molecule has 0 bridgehead atoms. The highest BCUT2D eigenvalue weighted by molar-refractivity contribution is 6.33. The van der Waals surface area contributed by atoms with Crippen LogP contribution in [0.25, 0.3) is 12.2 Å². The first kappa shape index (κ1) is 10.3. The van der Waals surface area contributed by atoms with Crippen LogP contribution >= 0.6 is 23.2 Å². The monoisotopic (exact) mass is 213 g/mol. The lowest BCUT2D eigenvalue weighted by molar-refractivity contribution is 1.27. The zero-order valence-corrected chi connectivity index (χ0v) is 8.73. The molecule has 1 nitrogen and oxygen atoms in total. The maximum absolute atomic E-state index is 5.74. The third-order valence-corrected chi connectivity index (χ3v) is 1.87. The van der Waals surface area contributed by atoms with Crippen molar-refractivity contribution in [1.82, 2.24) is 4.98 Å². The minimum absolute atomic E-state index is 0.453. The van der Waals surface area contributed by atoms with Gasteiger partial charge in [-0.2, -0.15) is 0 Å². The number of hydrogen-bond donors (Lipinski definition) is 0. The SMILES string of the molecule is C=C(Cl)/C=c1/cc(Cl)nc/c1=C/C. The fourth-order valence-electron chi connectivity index (χ4n) is 0.990. The Bertz CT molecular complexity index is 435. The molecule has 1 heterocycles. The van der Waals surface area contributed by atoms with E-state index < -0.39 is 0 Å². The van der Waals surface area contributed by atoms with Gasteiger partial charge in [-0.15, -0.1) is 0 Å². The van der Waals surface area contributed by atoms with E-state index >= 15 is 0 Å².